The zero-order valence-corrected chi connectivity index (χ0v) is 18.3. The lowest BCUT2D eigenvalue weighted by atomic mass is 10.3. The zero-order chi connectivity index (χ0) is 22.1. The molecule has 1 saturated heterocycles. The molecule has 4 rings (SSSR count). The van der Waals surface area contributed by atoms with Crippen molar-refractivity contribution >= 4 is 29.8 Å². The molecule has 0 unspecified atom stereocenters. The number of imidazole rings is 1. The first-order chi connectivity index (χ1) is 14.9. The molecular weight excluding hydrogens is 396 g/mol. The third-order valence-electron chi connectivity index (χ3n) is 5.78. The number of carbonyl (C=O) groups is 1. The van der Waals surface area contributed by atoms with Gasteiger partial charge in [0.25, 0.3) is 11.8 Å². The molecule has 2 aromatic rings. The van der Waals surface area contributed by atoms with Crippen LogP contribution in [0.1, 0.15) is 19.5 Å². The Labute approximate surface area is 181 Å². The van der Waals surface area contributed by atoms with Crippen LogP contribution in [0.25, 0.3) is 5.65 Å². The third-order valence-corrected chi connectivity index (χ3v) is 5.78. The van der Waals surface area contributed by atoms with Crippen molar-refractivity contribution in [2.75, 3.05) is 32.1 Å². The van der Waals surface area contributed by atoms with E-state index < -0.39 is 0 Å². The first-order valence-corrected chi connectivity index (χ1v) is 10.4. The number of rotatable bonds is 8. The number of fused-ring (bicyclic) bond motifs is 2. The van der Waals surface area contributed by atoms with Crippen molar-refractivity contribution in [2.45, 2.75) is 26.8 Å². The van der Waals surface area contributed by atoms with Gasteiger partial charge in [0.05, 0.1) is 25.2 Å². The molecule has 1 amide bonds. The number of nitrogens with one attached hydrogen (secondary N) is 2. The molecule has 0 bridgehead atoms. The van der Waals surface area contributed by atoms with E-state index in [0.717, 1.165) is 25.3 Å². The first kappa shape index (κ1) is 21.0. The minimum Gasteiger partial charge on any atom is -0.478 e. The first-order valence-electron chi connectivity index (χ1n) is 10.4. The second-order valence-corrected chi connectivity index (χ2v) is 7.88. The SMILES string of the molecule is C=N/C(=C\N=C(/C)C(=O)Nc1cn2cc(C)nc2c(OC)n1)N1C[C@@H]2[C@H](C1)[C@H]2NCC. The molecule has 3 atom stereocenters. The predicted octanol–water partition coefficient (Wildman–Crippen LogP) is 1.48. The number of hydrogen-bond donors (Lipinski definition) is 2. The van der Waals surface area contributed by atoms with E-state index in [1.54, 1.807) is 23.7 Å². The van der Waals surface area contributed by atoms with Crippen LogP contribution < -0.4 is 15.4 Å². The number of hydrogen-bond acceptors (Lipinski definition) is 8. The number of aliphatic imine (C=N–C) groups is 2. The van der Waals surface area contributed by atoms with E-state index in [9.17, 15) is 4.79 Å². The number of amides is 1. The van der Waals surface area contributed by atoms with E-state index in [0.29, 0.717) is 46.8 Å². The van der Waals surface area contributed by atoms with Crippen molar-refractivity contribution < 1.29 is 9.53 Å². The highest BCUT2D eigenvalue weighted by Crippen LogP contribution is 2.46. The van der Waals surface area contributed by atoms with Crippen molar-refractivity contribution in [2.24, 2.45) is 21.8 Å². The summed E-state index contributed by atoms with van der Waals surface area (Å²) in [6.45, 7) is 12.2. The van der Waals surface area contributed by atoms with Gasteiger partial charge in [-0.3, -0.25) is 14.2 Å². The summed E-state index contributed by atoms with van der Waals surface area (Å²) in [6.07, 6.45) is 5.13. The number of piperidine rings is 1. The summed E-state index contributed by atoms with van der Waals surface area (Å²) in [4.78, 5) is 31.9. The molecule has 1 aliphatic carbocycles. The average molecular weight is 425 g/mol. The maximum Gasteiger partial charge on any atom is 0.270 e. The number of aryl methyl sites for hydroxylation is 1. The van der Waals surface area contributed by atoms with Gasteiger partial charge in [0, 0.05) is 25.3 Å². The maximum absolute atomic E-state index is 12.6. The Balaban J connectivity index is 1.43. The van der Waals surface area contributed by atoms with Gasteiger partial charge in [0.2, 0.25) is 5.65 Å². The average Bonchev–Trinajstić information content (AvgIpc) is 3.07. The van der Waals surface area contributed by atoms with E-state index >= 15 is 0 Å². The monoisotopic (exact) mass is 424 g/mol. The van der Waals surface area contributed by atoms with Crippen molar-refractivity contribution in [3.63, 3.8) is 0 Å². The van der Waals surface area contributed by atoms with E-state index in [1.807, 2.05) is 13.1 Å². The summed E-state index contributed by atoms with van der Waals surface area (Å²) in [5.41, 5.74) is 1.71. The van der Waals surface area contributed by atoms with E-state index in [2.05, 4.69) is 49.1 Å². The summed E-state index contributed by atoms with van der Waals surface area (Å²) in [5.74, 6) is 2.32. The molecule has 3 heterocycles. The molecule has 2 aromatic heterocycles. The lowest BCUT2D eigenvalue weighted by molar-refractivity contribution is -0.110. The molecule has 31 heavy (non-hydrogen) atoms. The zero-order valence-electron chi connectivity index (χ0n) is 18.3. The van der Waals surface area contributed by atoms with Gasteiger partial charge in [-0.1, -0.05) is 6.92 Å². The Hall–Kier alpha value is -3.27. The Morgan fingerprint density at radius 3 is 2.74 bits per heavy atom. The van der Waals surface area contributed by atoms with Gasteiger partial charge in [0.1, 0.15) is 11.5 Å². The summed E-state index contributed by atoms with van der Waals surface area (Å²) < 4.78 is 7.06. The van der Waals surface area contributed by atoms with Crippen LogP contribution in [0.4, 0.5) is 5.82 Å². The van der Waals surface area contributed by atoms with E-state index in [4.69, 9.17) is 4.74 Å². The van der Waals surface area contributed by atoms with Crippen molar-refractivity contribution in [3.05, 3.63) is 30.1 Å². The minimum absolute atomic E-state index is 0.290. The molecule has 0 spiro atoms. The second kappa shape index (κ2) is 8.46. The second-order valence-electron chi connectivity index (χ2n) is 7.88. The lowest BCUT2D eigenvalue weighted by Crippen LogP contribution is -2.30. The van der Waals surface area contributed by atoms with Crippen LogP contribution >= 0.6 is 0 Å². The molecular formula is C21H28N8O2. The normalized spacial score (nSPS) is 23.1. The number of methoxy groups -OCH3 is 1. The van der Waals surface area contributed by atoms with Gasteiger partial charge in [-0.05, 0) is 38.9 Å². The van der Waals surface area contributed by atoms with Gasteiger partial charge in [-0.2, -0.15) is 4.98 Å². The van der Waals surface area contributed by atoms with Crippen LogP contribution in [0.3, 0.4) is 0 Å². The Kier molecular flexibility index (Phi) is 5.73. The summed E-state index contributed by atoms with van der Waals surface area (Å²) in [7, 11) is 1.52. The molecule has 2 fully saturated rings. The Bertz CT molecular complexity index is 1060. The van der Waals surface area contributed by atoms with Crippen LogP contribution in [0.15, 0.2) is 34.4 Å². The Morgan fingerprint density at radius 1 is 1.35 bits per heavy atom. The molecule has 1 aliphatic heterocycles. The van der Waals surface area contributed by atoms with E-state index in [1.165, 1.54) is 7.11 Å². The number of anilines is 1. The highest BCUT2D eigenvalue weighted by atomic mass is 16.5. The Morgan fingerprint density at radius 2 is 2.10 bits per heavy atom. The molecule has 2 aliphatic rings. The van der Waals surface area contributed by atoms with Crippen LogP contribution in [-0.2, 0) is 4.79 Å². The number of nitrogens with zero attached hydrogens (tertiary/aromatic N) is 6. The third kappa shape index (κ3) is 4.15. The van der Waals surface area contributed by atoms with Gasteiger partial charge in [-0.15, -0.1) is 0 Å². The summed E-state index contributed by atoms with van der Waals surface area (Å²) in [5, 5.41) is 6.27. The quantitative estimate of drug-likeness (QED) is 0.622. The summed E-state index contributed by atoms with van der Waals surface area (Å²) >= 11 is 0. The molecule has 10 nitrogen and oxygen atoms in total. The van der Waals surface area contributed by atoms with Gasteiger partial charge in [-0.25, -0.2) is 9.98 Å². The van der Waals surface area contributed by atoms with Gasteiger partial charge < -0.3 is 20.3 Å². The molecule has 0 radical (unpaired) electrons. The smallest absolute Gasteiger partial charge is 0.270 e. The standard InChI is InChI=1S/C21H28N8O2/c1-6-23-18-14-9-28(10-15(14)18)17(22-4)7-24-13(3)20(30)26-16-11-29-8-12(2)25-19(29)21(27-16)31-5/h7-8,11,14-15,18,23H,4,6,9-10H2,1-3,5H3,(H,26,30)/b17-7+,24-13+/t14-,15+,18+. The summed E-state index contributed by atoms with van der Waals surface area (Å²) in [6, 6.07) is 0.615. The fourth-order valence-electron chi connectivity index (χ4n) is 4.18. The van der Waals surface area contributed by atoms with Gasteiger partial charge in [0.15, 0.2) is 5.82 Å². The van der Waals surface area contributed by atoms with Crippen molar-refractivity contribution in [1.29, 1.82) is 0 Å². The molecule has 164 valence electrons. The topological polar surface area (TPSA) is 109 Å². The molecule has 1 saturated carbocycles. The fraction of sp³-hybridized carbons (Fsp3) is 0.476. The predicted molar refractivity (Wildman–Crippen MR) is 120 cm³/mol. The number of ether oxygens (including phenoxy) is 1. The molecule has 10 heteroatoms. The van der Waals surface area contributed by atoms with Crippen LogP contribution in [0.5, 0.6) is 5.88 Å². The fourth-order valence-corrected chi connectivity index (χ4v) is 4.18. The number of likely N-dealkylation sites (tertiary alicyclic amines) is 1. The van der Waals surface area contributed by atoms with Crippen LogP contribution in [-0.4, -0.2) is 70.4 Å². The lowest BCUT2D eigenvalue weighted by Gasteiger charge is -2.21. The van der Waals surface area contributed by atoms with Crippen LogP contribution in [0.2, 0.25) is 0 Å². The highest BCUT2D eigenvalue weighted by molar-refractivity contribution is 6.42. The highest BCUT2D eigenvalue weighted by Gasteiger charge is 2.55. The van der Waals surface area contributed by atoms with Crippen LogP contribution in [0, 0.1) is 18.8 Å². The minimum atomic E-state index is -0.359. The number of aromatic nitrogens is 3. The maximum atomic E-state index is 12.6. The molecule has 2 N–H and O–H groups in total. The molecule has 0 aromatic carbocycles. The largest absolute Gasteiger partial charge is 0.478 e. The van der Waals surface area contributed by atoms with E-state index in [-0.39, 0.29) is 5.91 Å². The van der Waals surface area contributed by atoms with Gasteiger partial charge >= 0.3 is 0 Å². The number of carbonyl (C=O) groups excluding carboxylic acids is 1. The van der Waals surface area contributed by atoms with Crippen molar-refractivity contribution in [1.82, 2.24) is 24.6 Å². The van der Waals surface area contributed by atoms with Crippen molar-refractivity contribution in [3.8, 4) is 5.88 Å².